The summed E-state index contributed by atoms with van der Waals surface area (Å²) >= 11 is 0. The van der Waals surface area contributed by atoms with E-state index in [1.807, 2.05) is 13.8 Å². The van der Waals surface area contributed by atoms with Crippen LogP contribution in [0.25, 0.3) is 6.08 Å². The van der Waals surface area contributed by atoms with E-state index >= 15 is 0 Å². The number of carbonyl (C=O) groups is 4. The van der Waals surface area contributed by atoms with E-state index in [9.17, 15) is 29.4 Å². The first-order valence-electron chi connectivity index (χ1n) is 11.6. The Balaban J connectivity index is 2.08. The van der Waals surface area contributed by atoms with Crippen LogP contribution in [0.1, 0.15) is 39.2 Å². The van der Waals surface area contributed by atoms with Crippen molar-refractivity contribution in [2.45, 2.75) is 39.7 Å². The molecule has 0 radical (unpaired) electrons. The van der Waals surface area contributed by atoms with Crippen molar-refractivity contribution in [3.8, 4) is 17.2 Å². The molecule has 0 spiro atoms. The lowest BCUT2D eigenvalue weighted by Gasteiger charge is -2.18. The fraction of sp³-hybridized carbons (Fsp3) is 0.308. The molecule has 0 bridgehead atoms. The van der Waals surface area contributed by atoms with E-state index in [0.29, 0.717) is 24.1 Å². The number of phenolic OH excluding ortho intramolecular Hbond substituents is 2. The van der Waals surface area contributed by atoms with Crippen molar-refractivity contribution in [3.63, 3.8) is 0 Å². The molecule has 0 aromatic heterocycles. The monoisotopic (exact) mass is 513 g/mol. The molecule has 11 heteroatoms. The van der Waals surface area contributed by atoms with Gasteiger partial charge in [-0.1, -0.05) is 19.9 Å². The number of rotatable bonds is 12. The van der Waals surface area contributed by atoms with Gasteiger partial charge in [0.1, 0.15) is 11.8 Å². The van der Waals surface area contributed by atoms with Gasteiger partial charge in [0, 0.05) is 17.7 Å². The Bertz CT molecular complexity index is 1170. The molecule has 11 nitrogen and oxygen atoms in total. The van der Waals surface area contributed by atoms with E-state index in [1.165, 1.54) is 55.5 Å². The summed E-state index contributed by atoms with van der Waals surface area (Å²) in [6.07, 6.45) is 3.81. The molecule has 0 saturated heterocycles. The minimum absolute atomic E-state index is 0.131. The zero-order valence-electron chi connectivity index (χ0n) is 20.8. The molecule has 2 rings (SSSR count). The van der Waals surface area contributed by atoms with Crippen molar-refractivity contribution < 1.29 is 39.2 Å². The maximum Gasteiger partial charge on any atom is 0.341 e. The maximum absolute atomic E-state index is 12.6. The highest BCUT2D eigenvalue weighted by molar-refractivity contribution is 6.01. The molecule has 6 N–H and O–H groups in total. The van der Waals surface area contributed by atoms with Gasteiger partial charge >= 0.3 is 5.97 Å². The molecule has 37 heavy (non-hydrogen) atoms. The molecular weight excluding hydrogens is 482 g/mol. The summed E-state index contributed by atoms with van der Waals surface area (Å²) in [4.78, 5) is 48.3. The number of carbonyl (C=O) groups excluding carboxylic acids is 3. The number of anilines is 2. The maximum atomic E-state index is 12.6. The van der Waals surface area contributed by atoms with Gasteiger partial charge < -0.3 is 36.0 Å². The summed E-state index contributed by atoms with van der Waals surface area (Å²) in [7, 11) is 0. The molecule has 0 saturated carbocycles. The van der Waals surface area contributed by atoms with Crippen molar-refractivity contribution in [3.05, 3.63) is 48.0 Å². The summed E-state index contributed by atoms with van der Waals surface area (Å²) in [5.74, 6) is -3.28. The van der Waals surface area contributed by atoms with Crippen LogP contribution in [-0.2, 0) is 19.2 Å². The van der Waals surface area contributed by atoms with Gasteiger partial charge in [-0.15, -0.1) is 0 Å². The third kappa shape index (κ3) is 8.88. The predicted molar refractivity (Wildman–Crippen MR) is 137 cm³/mol. The number of hydrogen-bond donors (Lipinski definition) is 6. The highest BCUT2D eigenvalue weighted by atomic mass is 16.5. The van der Waals surface area contributed by atoms with Crippen LogP contribution in [0.2, 0.25) is 0 Å². The number of nitrogens with one attached hydrogen (secondary N) is 3. The SMILES string of the molecule is CCC(CC)C(=O)Nc1cc(NC(=O)[C@H](C)NC(=O)/C=C/c2ccc(O)c(O)c2)ccc1OCC(=O)O. The summed E-state index contributed by atoms with van der Waals surface area (Å²) in [6.45, 7) is 4.63. The minimum Gasteiger partial charge on any atom is -0.504 e. The van der Waals surface area contributed by atoms with Gasteiger partial charge in [0.05, 0.1) is 5.69 Å². The van der Waals surface area contributed by atoms with Crippen LogP contribution < -0.4 is 20.7 Å². The quantitative estimate of drug-likeness (QED) is 0.185. The number of benzene rings is 2. The zero-order chi connectivity index (χ0) is 27.5. The first-order chi connectivity index (χ1) is 17.5. The van der Waals surface area contributed by atoms with Crippen molar-refractivity contribution in [1.29, 1.82) is 0 Å². The number of hydrogen-bond acceptors (Lipinski definition) is 7. The Morgan fingerprint density at radius 1 is 0.946 bits per heavy atom. The largest absolute Gasteiger partial charge is 0.504 e. The van der Waals surface area contributed by atoms with Crippen LogP contribution in [0.5, 0.6) is 17.2 Å². The van der Waals surface area contributed by atoms with Gasteiger partial charge in [0.25, 0.3) is 0 Å². The molecule has 198 valence electrons. The Labute approximate surface area is 214 Å². The Morgan fingerprint density at radius 3 is 2.27 bits per heavy atom. The third-order valence-corrected chi connectivity index (χ3v) is 5.39. The number of carboxylic acids is 1. The van der Waals surface area contributed by atoms with E-state index in [0.717, 1.165) is 0 Å². The summed E-state index contributed by atoms with van der Waals surface area (Å²) in [6, 6.07) is 7.48. The van der Waals surface area contributed by atoms with Gasteiger partial charge in [0.2, 0.25) is 17.7 Å². The number of ether oxygens (including phenoxy) is 1. The normalized spacial score (nSPS) is 11.7. The molecule has 0 aliphatic carbocycles. The second kappa shape index (κ2) is 13.5. The van der Waals surface area contributed by atoms with E-state index in [1.54, 1.807) is 0 Å². The molecular formula is C26H31N3O8. The molecule has 0 aliphatic heterocycles. The first-order valence-corrected chi connectivity index (χ1v) is 11.6. The molecule has 0 fully saturated rings. The van der Waals surface area contributed by atoms with Crippen molar-refractivity contribution >= 4 is 41.1 Å². The van der Waals surface area contributed by atoms with Gasteiger partial charge in [0.15, 0.2) is 18.1 Å². The fourth-order valence-electron chi connectivity index (χ4n) is 3.26. The summed E-state index contributed by atoms with van der Waals surface area (Å²) in [5, 5.41) is 35.7. The molecule has 3 amide bonds. The zero-order valence-corrected chi connectivity index (χ0v) is 20.8. The Morgan fingerprint density at radius 2 is 1.65 bits per heavy atom. The average Bonchev–Trinajstić information content (AvgIpc) is 2.84. The molecule has 2 aromatic rings. The highest BCUT2D eigenvalue weighted by Crippen LogP contribution is 2.29. The molecule has 0 unspecified atom stereocenters. The number of aliphatic carboxylic acids is 1. The van der Waals surface area contributed by atoms with Gasteiger partial charge in [-0.2, -0.15) is 0 Å². The van der Waals surface area contributed by atoms with Gasteiger partial charge in [-0.3, -0.25) is 14.4 Å². The Hall–Kier alpha value is -4.54. The lowest BCUT2D eigenvalue weighted by atomic mass is 10.0. The van der Waals surface area contributed by atoms with Crippen molar-refractivity contribution in [1.82, 2.24) is 5.32 Å². The van der Waals surface area contributed by atoms with Crippen molar-refractivity contribution in [2.75, 3.05) is 17.2 Å². The van der Waals surface area contributed by atoms with Gasteiger partial charge in [-0.25, -0.2) is 4.79 Å². The highest BCUT2D eigenvalue weighted by Gasteiger charge is 2.19. The topological polar surface area (TPSA) is 174 Å². The Kier molecular flexibility index (Phi) is 10.5. The van der Waals surface area contributed by atoms with Crippen LogP contribution in [0.15, 0.2) is 42.5 Å². The first kappa shape index (κ1) is 28.7. The molecule has 2 aromatic carbocycles. The van der Waals surface area contributed by atoms with Crippen molar-refractivity contribution in [2.24, 2.45) is 5.92 Å². The number of aromatic hydroxyl groups is 2. The van der Waals surface area contributed by atoms with E-state index < -0.39 is 30.4 Å². The second-order valence-corrected chi connectivity index (χ2v) is 8.20. The predicted octanol–water partition coefficient (Wildman–Crippen LogP) is 3.09. The average molecular weight is 514 g/mol. The number of phenols is 2. The smallest absolute Gasteiger partial charge is 0.341 e. The molecule has 1 atom stereocenters. The summed E-state index contributed by atoms with van der Waals surface area (Å²) in [5.41, 5.74) is 0.965. The van der Waals surface area contributed by atoms with E-state index in [-0.39, 0.29) is 34.8 Å². The van der Waals surface area contributed by atoms with Crippen LogP contribution >= 0.6 is 0 Å². The van der Waals surface area contributed by atoms with E-state index in [4.69, 9.17) is 9.84 Å². The third-order valence-electron chi connectivity index (χ3n) is 5.39. The molecule has 0 aliphatic rings. The van der Waals surface area contributed by atoms with Gasteiger partial charge in [-0.05, 0) is 61.7 Å². The standard InChI is InChI=1S/C26H31N3O8/c1-4-17(5-2)26(36)29-19-13-18(8-10-22(19)37-14-24(33)34)28-25(35)15(3)27-23(32)11-7-16-6-9-20(30)21(31)12-16/h6-13,15,17,30-31H,4-5,14H2,1-3H3,(H,27,32)(H,28,35)(H,29,36)(H,33,34)/b11-7+/t15-/m0/s1. The number of carboxylic acid groups (broad SMARTS) is 1. The van der Waals surface area contributed by atoms with Crippen LogP contribution in [0, 0.1) is 5.92 Å². The second-order valence-electron chi connectivity index (χ2n) is 8.20. The fourth-order valence-corrected chi connectivity index (χ4v) is 3.26. The summed E-state index contributed by atoms with van der Waals surface area (Å²) < 4.78 is 5.26. The molecule has 0 heterocycles. The lowest BCUT2D eigenvalue weighted by Crippen LogP contribution is -2.40. The lowest BCUT2D eigenvalue weighted by molar-refractivity contribution is -0.139. The van der Waals surface area contributed by atoms with Crippen LogP contribution in [0.4, 0.5) is 11.4 Å². The van der Waals surface area contributed by atoms with E-state index in [2.05, 4.69) is 16.0 Å². The minimum atomic E-state index is -1.18. The van der Waals surface area contributed by atoms with Crippen LogP contribution in [-0.4, -0.2) is 51.7 Å². The van der Waals surface area contributed by atoms with Crippen LogP contribution in [0.3, 0.4) is 0 Å². The number of amides is 3.